The SMILES string of the molecule is Cc1ccc2c(c1)CCCN2CC(CN)C(C)C. The van der Waals surface area contributed by atoms with Gasteiger partial charge in [0.15, 0.2) is 0 Å². The van der Waals surface area contributed by atoms with Gasteiger partial charge in [-0.05, 0) is 49.8 Å². The Balaban J connectivity index is 2.17. The molecule has 0 saturated heterocycles. The minimum absolute atomic E-state index is 0.595. The van der Waals surface area contributed by atoms with Gasteiger partial charge >= 0.3 is 0 Å². The van der Waals surface area contributed by atoms with Gasteiger partial charge in [-0.15, -0.1) is 0 Å². The fourth-order valence-corrected chi connectivity index (χ4v) is 2.83. The molecule has 1 unspecified atom stereocenters. The number of hydrogen-bond donors (Lipinski definition) is 1. The van der Waals surface area contributed by atoms with Crippen LogP contribution in [0.5, 0.6) is 0 Å². The van der Waals surface area contributed by atoms with E-state index in [4.69, 9.17) is 5.73 Å². The maximum absolute atomic E-state index is 5.91. The summed E-state index contributed by atoms with van der Waals surface area (Å²) in [5.41, 5.74) is 10.2. The molecule has 0 aliphatic carbocycles. The van der Waals surface area contributed by atoms with Crippen molar-refractivity contribution in [3.05, 3.63) is 29.3 Å². The Labute approximate surface area is 111 Å². The molecule has 0 saturated carbocycles. The van der Waals surface area contributed by atoms with Crippen LogP contribution in [0.2, 0.25) is 0 Å². The lowest BCUT2D eigenvalue weighted by molar-refractivity contribution is 0.389. The Kier molecular flexibility index (Phi) is 4.28. The average molecular weight is 246 g/mol. The number of fused-ring (bicyclic) bond motifs is 1. The zero-order chi connectivity index (χ0) is 13.1. The van der Waals surface area contributed by atoms with Crippen LogP contribution in [-0.2, 0) is 6.42 Å². The van der Waals surface area contributed by atoms with Gasteiger partial charge in [0.25, 0.3) is 0 Å². The van der Waals surface area contributed by atoms with Crippen LogP contribution in [-0.4, -0.2) is 19.6 Å². The lowest BCUT2D eigenvalue weighted by Gasteiger charge is -2.35. The molecular weight excluding hydrogens is 220 g/mol. The summed E-state index contributed by atoms with van der Waals surface area (Å²) in [7, 11) is 0. The van der Waals surface area contributed by atoms with Crippen LogP contribution in [0.4, 0.5) is 5.69 Å². The molecule has 100 valence electrons. The van der Waals surface area contributed by atoms with Crippen molar-refractivity contribution in [1.82, 2.24) is 0 Å². The smallest absolute Gasteiger partial charge is 0.0399 e. The molecule has 2 nitrogen and oxygen atoms in total. The first-order valence-electron chi connectivity index (χ1n) is 7.16. The van der Waals surface area contributed by atoms with Gasteiger partial charge in [0.05, 0.1) is 0 Å². The number of rotatable bonds is 4. The number of anilines is 1. The minimum atomic E-state index is 0.595. The Morgan fingerprint density at radius 3 is 2.78 bits per heavy atom. The van der Waals surface area contributed by atoms with Crippen molar-refractivity contribution < 1.29 is 0 Å². The lowest BCUT2D eigenvalue weighted by atomic mass is 9.93. The third kappa shape index (κ3) is 2.86. The van der Waals surface area contributed by atoms with E-state index in [1.165, 1.54) is 36.2 Å². The number of nitrogens with two attached hydrogens (primary N) is 1. The van der Waals surface area contributed by atoms with Gasteiger partial charge in [0.2, 0.25) is 0 Å². The quantitative estimate of drug-likeness (QED) is 0.885. The summed E-state index contributed by atoms with van der Waals surface area (Å²) in [4.78, 5) is 2.54. The zero-order valence-electron chi connectivity index (χ0n) is 11.9. The third-order valence-corrected chi connectivity index (χ3v) is 4.15. The van der Waals surface area contributed by atoms with Gasteiger partial charge in [0.1, 0.15) is 0 Å². The van der Waals surface area contributed by atoms with Crippen molar-refractivity contribution in [2.75, 3.05) is 24.5 Å². The molecule has 1 atom stereocenters. The number of aryl methyl sites for hydroxylation is 2. The zero-order valence-corrected chi connectivity index (χ0v) is 11.9. The van der Waals surface area contributed by atoms with E-state index in [-0.39, 0.29) is 0 Å². The van der Waals surface area contributed by atoms with Crippen molar-refractivity contribution in [2.24, 2.45) is 17.6 Å². The average Bonchev–Trinajstić information content (AvgIpc) is 2.35. The summed E-state index contributed by atoms with van der Waals surface area (Å²) >= 11 is 0. The van der Waals surface area contributed by atoms with E-state index < -0.39 is 0 Å². The van der Waals surface area contributed by atoms with Crippen molar-refractivity contribution >= 4 is 5.69 Å². The molecule has 1 heterocycles. The predicted molar refractivity (Wildman–Crippen MR) is 79.1 cm³/mol. The highest BCUT2D eigenvalue weighted by Crippen LogP contribution is 2.29. The highest BCUT2D eigenvalue weighted by molar-refractivity contribution is 5.56. The van der Waals surface area contributed by atoms with Gasteiger partial charge in [-0.2, -0.15) is 0 Å². The van der Waals surface area contributed by atoms with Crippen molar-refractivity contribution in [1.29, 1.82) is 0 Å². The van der Waals surface area contributed by atoms with Crippen LogP contribution >= 0.6 is 0 Å². The molecule has 0 fully saturated rings. The third-order valence-electron chi connectivity index (χ3n) is 4.15. The molecule has 1 aromatic carbocycles. The van der Waals surface area contributed by atoms with E-state index in [9.17, 15) is 0 Å². The fourth-order valence-electron chi connectivity index (χ4n) is 2.83. The summed E-state index contributed by atoms with van der Waals surface area (Å²) in [6, 6.07) is 6.86. The van der Waals surface area contributed by atoms with Crippen LogP contribution in [0.3, 0.4) is 0 Å². The molecule has 0 radical (unpaired) electrons. The van der Waals surface area contributed by atoms with Crippen molar-refractivity contribution in [3.8, 4) is 0 Å². The monoisotopic (exact) mass is 246 g/mol. The van der Waals surface area contributed by atoms with Crippen LogP contribution in [0.1, 0.15) is 31.4 Å². The van der Waals surface area contributed by atoms with Gasteiger partial charge in [-0.25, -0.2) is 0 Å². The molecule has 2 N–H and O–H groups in total. The first-order valence-corrected chi connectivity index (χ1v) is 7.16. The molecule has 0 bridgehead atoms. The van der Waals surface area contributed by atoms with Crippen LogP contribution in [0, 0.1) is 18.8 Å². The van der Waals surface area contributed by atoms with E-state index in [0.717, 1.165) is 13.1 Å². The Morgan fingerprint density at radius 2 is 2.11 bits per heavy atom. The summed E-state index contributed by atoms with van der Waals surface area (Å²) in [5.74, 6) is 1.25. The van der Waals surface area contributed by atoms with Gasteiger partial charge in [0, 0.05) is 18.8 Å². The largest absolute Gasteiger partial charge is 0.371 e. The van der Waals surface area contributed by atoms with E-state index in [2.05, 4.69) is 43.9 Å². The second-order valence-corrected chi connectivity index (χ2v) is 5.92. The second kappa shape index (κ2) is 5.75. The normalized spacial score (nSPS) is 16.8. The van der Waals surface area contributed by atoms with Crippen LogP contribution in [0.15, 0.2) is 18.2 Å². The molecule has 2 rings (SSSR count). The maximum atomic E-state index is 5.91. The summed E-state index contributed by atoms with van der Waals surface area (Å²) in [6.07, 6.45) is 2.49. The number of hydrogen-bond acceptors (Lipinski definition) is 2. The Morgan fingerprint density at radius 1 is 1.33 bits per heavy atom. The molecular formula is C16H26N2. The minimum Gasteiger partial charge on any atom is -0.371 e. The van der Waals surface area contributed by atoms with E-state index >= 15 is 0 Å². The predicted octanol–water partition coefficient (Wildman–Crippen LogP) is 2.98. The Hall–Kier alpha value is -1.02. The van der Waals surface area contributed by atoms with Crippen molar-refractivity contribution in [3.63, 3.8) is 0 Å². The standard InChI is InChI=1S/C16H26N2/c1-12(2)15(10-17)11-18-8-4-5-14-9-13(3)6-7-16(14)18/h6-7,9,12,15H,4-5,8,10-11,17H2,1-3H3. The number of nitrogens with zero attached hydrogens (tertiary/aromatic N) is 1. The summed E-state index contributed by atoms with van der Waals surface area (Å²) < 4.78 is 0. The van der Waals surface area contributed by atoms with Crippen molar-refractivity contribution in [2.45, 2.75) is 33.6 Å². The van der Waals surface area contributed by atoms with Crippen LogP contribution < -0.4 is 10.6 Å². The molecule has 2 heteroatoms. The molecule has 0 amide bonds. The molecule has 0 aromatic heterocycles. The fraction of sp³-hybridized carbons (Fsp3) is 0.625. The molecule has 18 heavy (non-hydrogen) atoms. The maximum Gasteiger partial charge on any atom is 0.0399 e. The number of benzene rings is 1. The highest BCUT2D eigenvalue weighted by atomic mass is 15.1. The molecule has 0 spiro atoms. The first-order chi connectivity index (χ1) is 8.61. The summed E-state index contributed by atoms with van der Waals surface area (Å²) in [6.45, 7) is 9.80. The van der Waals surface area contributed by atoms with Crippen LogP contribution in [0.25, 0.3) is 0 Å². The molecule has 1 aliphatic heterocycles. The van der Waals surface area contributed by atoms with Gasteiger partial charge in [-0.3, -0.25) is 0 Å². The first kappa shape index (κ1) is 13.4. The van der Waals surface area contributed by atoms with Gasteiger partial charge in [-0.1, -0.05) is 31.5 Å². The van der Waals surface area contributed by atoms with E-state index in [1.807, 2.05) is 0 Å². The second-order valence-electron chi connectivity index (χ2n) is 5.92. The molecule has 1 aliphatic rings. The Bertz CT molecular complexity index is 398. The highest BCUT2D eigenvalue weighted by Gasteiger charge is 2.21. The topological polar surface area (TPSA) is 29.3 Å². The molecule has 1 aromatic rings. The lowest BCUT2D eigenvalue weighted by Crippen LogP contribution is -2.38. The summed E-state index contributed by atoms with van der Waals surface area (Å²) in [5, 5.41) is 0. The van der Waals surface area contributed by atoms with E-state index in [1.54, 1.807) is 0 Å². The van der Waals surface area contributed by atoms with Gasteiger partial charge < -0.3 is 10.6 Å². The van der Waals surface area contributed by atoms with E-state index in [0.29, 0.717) is 11.8 Å².